The second-order valence-corrected chi connectivity index (χ2v) is 8.05. The molecule has 1 aliphatic carbocycles. The van der Waals surface area contributed by atoms with Crippen LogP contribution in [0.5, 0.6) is 0 Å². The van der Waals surface area contributed by atoms with Crippen molar-refractivity contribution < 1.29 is 23.5 Å². The summed E-state index contributed by atoms with van der Waals surface area (Å²) in [5, 5.41) is 0. The first-order chi connectivity index (χ1) is 13.5. The summed E-state index contributed by atoms with van der Waals surface area (Å²) < 4.78 is 25.9. The van der Waals surface area contributed by atoms with E-state index in [-0.39, 0.29) is 18.1 Å². The van der Waals surface area contributed by atoms with E-state index in [0.29, 0.717) is 45.1 Å². The number of benzene rings is 1. The van der Waals surface area contributed by atoms with Crippen LogP contribution >= 0.6 is 0 Å². The number of amides is 2. The molecule has 7 heteroatoms. The highest BCUT2D eigenvalue weighted by molar-refractivity contribution is 5.98. The van der Waals surface area contributed by atoms with Crippen LogP contribution in [0.4, 0.5) is 4.39 Å². The van der Waals surface area contributed by atoms with Gasteiger partial charge in [0.1, 0.15) is 17.6 Å². The Bertz CT molecular complexity index is 742. The van der Waals surface area contributed by atoms with Crippen LogP contribution in [0.1, 0.15) is 43.0 Å². The van der Waals surface area contributed by atoms with Crippen LogP contribution < -0.4 is 0 Å². The Kier molecular flexibility index (Phi) is 5.38. The first-order valence-electron chi connectivity index (χ1n) is 10.1. The van der Waals surface area contributed by atoms with Crippen LogP contribution in [0, 0.1) is 11.7 Å². The molecule has 3 fully saturated rings. The number of ether oxygens (including phenoxy) is 2. The van der Waals surface area contributed by atoms with Gasteiger partial charge in [0.05, 0.1) is 25.4 Å². The Morgan fingerprint density at radius 1 is 1.14 bits per heavy atom. The summed E-state index contributed by atoms with van der Waals surface area (Å²) in [5.41, 5.74) is -0.829. The number of carbonyl (C=O) groups is 2. The Labute approximate surface area is 164 Å². The van der Waals surface area contributed by atoms with Crippen LogP contribution in [-0.2, 0) is 14.3 Å². The minimum absolute atomic E-state index is 0.00854. The van der Waals surface area contributed by atoms with Crippen LogP contribution in [0.15, 0.2) is 24.3 Å². The van der Waals surface area contributed by atoms with Crippen molar-refractivity contribution in [1.82, 2.24) is 9.80 Å². The van der Waals surface area contributed by atoms with Crippen molar-refractivity contribution >= 4 is 11.8 Å². The lowest BCUT2D eigenvalue weighted by atomic mass is 9.83. The Morgan fingerprint density at radius 2 is 1.82 bits per heavy atom. The van der Waals surface area contributed by atoms with E-state index < -0.39 is 23.5 Å². The predicted molar refractivity (Wildman–Crippen MR) is 100 cm³/mol. The molecule has 4 rings (SSSR count). The second kappa shape index (κ2) is 7.79. The van der Waals surface area contributed by atoms with Crippen molar-refractivity contribution in [3.8, 4) is 0 Å². The number of hydrogen-bond acceptors (Lipinski definition) is 4. The third-order valence-corrected chi connectivity index (χ3v) is 6.25. The van der Waals surface area contributed by atoms with Gasteiger partial charge in [0, 0.05) is 13.1 Å². The molecule has 1 aromatic carbocycles. The summed E-state index contributed by atoms with van der Waals surface area (Å²) in [6, 6.07) is 5.23. The van der Waals surface area contributed by atoms with E-state index in [1.807, 2.05) is 0 Å². The molecule has 6 nitrogen and oxygen atoms in total. The maximum Gasteiger partial charge on any atom is 0.259 e. The first kappa shape index (κ1) is 19.3. The van der Waals surface area contributed by atoms with Gasteiger partial charge in [-0.3, -0.25) is 14.5 Å². The second-order valence-electron chi connectivity index (χ2n) is 8.05. The zero-order chi connectivity index (χ0) is 19.7. The summed E-state index contributed by atoms with van der Waals surface area (Å²) in [6.45, 7) is 4.32. The van der Waals surface area contributed by atoms with Crippen LogP contribution in [-0.4, -0.2) is 66.3 Å². The molecule has 0 N–H and O–H groups in total. The minimum atomic E-state index is -0.821. The van der Waals surface area contributed by atoms with E-state index in [9.17, 15) is 14.0 Å². The van der Waals surface area contributed by atoms with E-state index in [4.69, 9.17) is 9.47 Å². The zero-order valence-corrected chi connectivity index (χ0v) is 16.2. The lowest BCUT2D eigenvalue weighted by Gasteiger charge is -2.43. The molecule has 1 saturated carbocycles. The van der Waals surface area contributed by atoms with Gasteiger partial charge in [-0.25, -0.2) is 4.39 Å². The molecule has 0 bridgehead atoms. The molecular formula is C21H27FN2O4. The molecule has 28 heavy (non-hydrogen) atoms. The SMILES string of the molecule is CC1CCC2(CC1)OC[C@@H](C(=O)N1CCOCC1)N2C(=O)c1ccccc1F. The fourth-order valence-corrected chi connectivity index (χ4v) is 4.53. The molecule has 0 radical (unpaired) electrons. The zero-order valence-electron chi connectivity index (χ0n) is 16.2. The topological polar surface area (TPSA) is 59.1 Å². The molecule has 3 aliphatic rings. The van der Waals surface area contributed by atoms with Crippen LogP contribution in [0.25, 0.3) is 0 Å². The van der Waals surface area contributed by atoms with Crippen LogP contribution in [0.2, 0.25) is 0 Å². The summed E-state index contributed by atoms with van der Waals surface area (Å²) in [4.78, 5) is 29.9. The van der Waals surface area contributed by atoms with Crippen molar-refractivity contribution in [3.05, 3.63) is 35.6 Å². The van der Waals surface area contributed by atoms with Gasteiger partial charge in [-0.2, -0.15) is 0 Å². The average molecular weight is 390 g/mol. The molecule has 2 heterocycles. The smallest absolute Gasteiger partial charge is 0.259 e. The quantitative estimate of drug-likeness (QED) is 0.778. The van der Waals surface area contributed by atoms with Gasteiger partial charge in [-0.15, -0.1) is 0 Å². The lowest BCUT2D eigenvalue weighted by molar-refractivity contribution is -0.141. The Morgan fingerprint density at radius 3 is 2.50 bits per heavy atom. The molecule has 1 atom stereocenters. The van der Waals surface area contributed by atoms with Gasteiger partial charge in [0.25, 0.3) is 5.91 Å². The van der Waals surface area contributed by atoms with Crippen molar-refractivity contribution in [2.24, 2.45) is 5.92 Å². The van der Waals surface area contributed by atoms with Gasteiger partial charge in [-0.1, -0.05) is 19.1 Å². The van der Waals surface area contributed by atoms with Crippen LogP contribution in [0.3, 0.4) is 0 Å². The van der Waals surface area contributed by atoms with Gasteiger partial charge in [0.15, 0.2) is 0 Å². The Balaban J connectivity index is 1.67. The summed E-state index contributed by atoms with van der Waals surface area (Å²) in [5.74, 6) is -0.620. The van der Waals surface area contributed by atoms with Crippen molar-refractivity contribution in [1.29, 1.82) is 0 Å². The van der Waals surface area contributed by atoms with E-state index in [1.165, 1.54) is 12.1 Å². The van der Waals surface area contributed by atoms with Gasteiger partial charge >= 0.3 is 0 Å². The first-order valence-corrected chi connectivity index (χ1v) is 10.1. The molecule has 1 aromatic rings. The highest BCUT2D eigenvalue weighted by Gasteiger charge is 2.54. The third kappa shape index (κ3) is 3.42. The maximum absolute atomic E-state index is 14.4. The van der Waals surface area contributed by atoms with E-state index in [1.54, 1.807) is 21.9 Å². The highest BCUT2D eigenvalue weighted by atomic mass is 19.1. The number of carbonyl (C=O) groups excluding carboxylic acids is 2. The normalized spacial score (nSPS) is 30.6. The van der Waals surface area contributed by atoms with Crippen molar-refractivity contribution in [3.63, 3.8) is 0 Å². The lowest BCUT2D eigenvalue weighted by Crippen LogP contribution is -2.58. The van der Waals surface area contributed by atoms with Gasteiger partial charge in [-0.05, 0) is 43.7 Å². The molecule has 1 spiro atoms. The van der Waals surface area contributed by atoms with E-state index >= 15 is 0 Å². The number of hydrogen-bond donors (Lipinski definition) is 0. The summed E-state index contributed by atoms with van der Waals surface area (Å²) in [6.07, 6.45) is 3.17. The van der Waals surface area contributed by atoms with Gasteiger partial charge in [0.2, 0.25) is 5.91 Å². The molecule has 0 unspecified atom stereocenters. The fraction of sp³-hybridized carbons (Fsp3) is 0.619. The number of halogens is 1. The van der Waals surface area contributed by atoms with E-state index in [0.717, 1.165) is 12.8 Å². The average Bonchev–Trinajstić information content (AvgIpc) is 3.09. The molecule has 2 saturated heterocycles. The highest BCUT2D eigenvalue weighted by Crippen LogP contribution is 2.43. The van der Waals surface area contributed by atoms with Gasteiger partial charge < -0.3 is 14.4 Å². The van der Waals surface area contributed by atoms with Crippen molar-refractivity contribution in [2.45, 2.75) is 44.4 Å². The molecule has 152 valence electrons. The van der Waals surface area contributed by atoms with E-state index in [2.05, 4.69) is 6.92 Å². The molecule has 2 amide bonds. The maximum atomic E-state index is 14.4. The predicted octanol–water partition coefficient (Wildman–Crippen LogP) is 2.43. The third-order valence-electron chi connectivity index (χ3n) is 6.25. The Hall–Kier alpha value is -1.99. The number of nitrogens with zero attached hydrogens (tertiary/aromatic N) is 2. The summed E-state index contributed by atoms with van der Waals surface area (Å²) >= 11 is 0. The standard InChI is InChI=1S/C21H27FN2O4/c1-15-6-8-21(9-7-15)24(19(25)16-4-2-3-5-17(16)22)18(14-28-21)20(26)23-10-12-27-13-11-23/h2-5,15,18H,6-14H2,1H3/t15?,18-,21?/m0/s1. The van der Waals surface area contributed by atoms with Crippen molar-refractivity contribution in [2.75, 3.05) is 32.9 Å². The molecule has 2 aliphatic heterocycles. The summed E-state index contributed by atoms with van der Waals surface area (Å²) in [7, 11) is 0. The monoisotopic (exact) mass is 390 g/mol. The largest absolute Gasteiger partial charge is 0.378 e. The molecule has 0 aromatic heterocycles. The molecular weight excluding hydrogens is 363 g/mol. The number of rotatable bonds is 2. The fourth-order valence-electron chi connectivity index (χ4n) is 4.53. The minimum Gasteiger partial charge on any atom is -0.378 e. The number of morpholine rings is 1.